The first-order valence-corrected chi connectivity index (χ1v) is 7.05. The van der Waals surface area contributed by atoms with Crippen LogP contribution in [0.3, 0.4) is 0 Å². The Balaban J connectivity index is 0.00000441. The molecule has 1 aromatic heterocycles. The summed E-state index contributed by atoms with van der Waals surface area (Å²) >= 11 is 0. The van der Waals surface area contributed by atoms with Gasteiger partial charge < -0.3 is 25.7 Å². The summed E-state index contributed by atoms with van der Waals surface area (Å²) in [5, 5.41) is 13.4. The molecule has 0 bridgehead atoms. The van der Waals surface area contributed by atoms with Gasteiger partial charge in [0, 0.05) is 32.0 Å². The van der Waals surface area contributed by atoms with Crippen molar-refractivity contribution < 1.29 is 9.72 Å². The van der Waals surface area contributed by atoms with Gasteiger partial charge in [0.1, 0.15) is 6.20 Å². The summed E-state index contributed by atoms with van der Waals surface area (Å²) in [6, 6.07) is 0. The Hall–Kier alpha value is -1.67. The molecule has 9 heteroatoms. The number of nitro groups is 1. The predicted molar refractivity (Wildman–Crippen MR) is 86.0 cm³/mol. The minimum Gasteiger partial charge on any atom is -0.358 e. The van der Waals surface area contributed by atoms with Gasteiger partial charge in [-0.05, 0) is 22.7 Å². The maximum Gasteiger partial charge on any atom is 0.381 e. The van der Waals surface area contributed by atoms with E-state index in [-0.39, 0.29) is 36.1 Å². The van der Waals surface area contributed by atoms with E-state index in [1.807, 2.05) is 13.8 Å². The number of hydrogen-bond donors (Lipinski definition) is 2. The largest absolute Gasteiger partial charge is 0.381 e. The standard InChI is InChI=1S/C13H23N5O3.ClH/c1-4-13(14,5-2)9-15-12(19)6-7-17-8-11(18(20)21)16-10(17)3;/h8H,4-7,9,14H2,1-3H3,(H,15,19);1H. The molecule has 0 aromatic carbocycles. The highest BCUT2D eigenvalue weighted by molar-refractivity contribution is 5.85. The fourth-order valence-electron chi connectivity index (χ4n) is 1.89. The Morgan fingerprint density at radius 2 is 2.09 bits per heavy atom. The molecule has 126 valence electrons. The Morgan fingerprint density at radius 3 is 2.55 bits per heavy atom. The zero-order valence-corrected chi connectivity index (χ0v) is 14.0. The zero-order valence-electron chi connectivity index (χ0n) is 13.2. The van der Waals surface area contributed by atoms with Crippen molar-refractivity contribution in [2.45, 2.75) is 52.1 Å². The normalized spacial score (nSPS) is 10.9. The molecule has 1 heterocycles. The fourth-order valence-corrected chi connectivity index (χ4v) is 1.89. The van der Waals surface area contributed by atoms with Gasteiger partial charge in [-0.25, -0.2) is 0 Å². The Morgan fingerprint density at radius 1 is 1.50 bits per heavy atom. The van der Waals surface area contributed by atoms with Crippen molar-refractivity contribution in [3.8, 4) is 0 Å². The first kappa shape index (κ1) is 20.3. The van der Waals surface area contributed by atoms with Gasteiger partial charge in [-0.3, -0.25) is 4.79 Å². The van der Waals surface area contributed by atoms with Crippen molar-refractivity contribution in [1.82, 2.24) is 14.9 Å². The van der Waals surface area contributed by atoms with Crippen LogP contribution in [0.25, 0.3) is 0 Å². The summed E-state index contributed by atoms with van der Waals surface area (Å²) in [5.41, 5.74) is 5.73. The topological polar surface area (TPSA) is 116 Å². The first-order chi connectivity index (χ1) is 9.81. The lowest BCUT2D eigenvalue weighted by Gasteiger charge is -2.26. The molecule has 3 N–H and O–H groups in total. The fraction of sp³-hybridized carbons (Fsp3) is 0.692. The molecule has 1 amide bonds. The van der Waals surface area contributed by atoms with Crippen LogP contribution >= 0.6 is 12.4 Å². The van der Waals surface area contributed by atoms with Gasteiger partial charge in [0.25, 0.3) is 0 Å². The second-order valence-electron chi connectivity index (χ2n) is 5.19. The highest BCUT2D eigenvalue weighted by Gasteiger charge is 2.21. The molecule has 1 aromatic rings. The van der Waals surface area contributed by atoms with E-state index in [0.29, 0.717) is 18.9 Å². The van der Waals surface area contributed by atoms with E-state index in [1.165, 1.54) is 6.20 Å². The van der Waals surface area contributed by atoms with Crippen LogP contribution in [0, 0.1) is 17.0 Å². The summed E-state index contributed by atoms with van der Waals surface area (Å²) in [5.74, 6) is 0.193. The van der Waals surface area contributed by atoms with Gasteiger partial charge in [0.15, 0.2) is 0 Å². The smallest absolute Gasteiger partial charge is 0.358 e. The van der Waals surface area contributed by atoms with Crippen LogP contribution in [-0.4, -0.2) is 32.5 Å². The third kappa shape index (κ3) is 5.61. The number of nitrogens with two attached hydrogens (primary N) is 1. The molecule has 0 saturated carbocycles. The molecule has 22 heavy (non-hydrogen) atoms. The number of halogens is 1. The monoisotopic (exact) mass is 333 g/mol. The Bertz CT molecular complexity index is 514. The van der Waals surface area contributed by atoms with E-state index in [0.717, 1.165) is 12.8 Å². The molecular formula is C13H24ClN5O3. The van der Waals surface area contributed by atoms with Crippen LogP contribution in [0.5, 0.6) is 0 Å². The van der Waals surface area contributed by atoms with Gasteiger partial charge >= 0.3 is 5.82 Å². The van der Waals surface area contributed by atoms with Crippen LogP contribution in [0.15, 0.2) is 6.20 Å². The second kappa shape index (κ2) is 8.70. The lowest BCUT2D eigenvalue weighted by molar-refractivity contribution is -0.389. The van der Waals surface area contributed by atoms with E-state index >= 15 is 0 Å². The molecule has 0 spiro atoms. The van der Waals surface area contributed by atoms with Crippen molar-refractivity contribution in [3.63, 3.8) is 0 Å². The van der Waals surface area contributed by atoms with E-state index in [9.17, 15) is 14.9 Å². The summed E-state index contributed by atoms with van der Waals surface area (Å²) in [4.78, 5) is 25.7. The summed E-state index contributed by atoms with van der Waals surface area (Å²) < 4.78 is 1.60. The Labute approximate surface area is 136 Å². The third-order valence-electron chi connectivity index (χ3n) is 3.78. The predicted octanol–water partition coefficient (Wildman–Crippen LogP) is 1.55. The van der Waals surface area contributed by atoms with Gasteiger partial charge in [-0.15, -0.1) is 12.4 Å². The van der Waals surface area contributed by atoms with Crippen molar-refractivity contribution in [2.75, 3.05) is 6.54 Å². The van der Waals surface area contributed by atoms with Crippen LogP contribution in [-0.2, 0) is 11.3 Å². The molecule has 0 aliphatic rings. The number of rotatable bonds is 8. The average molecular weight is 334 g/mol. The van der Waals surface area contributed by atoms with Gasteiger partial charge in [-0.1, -0.05) is 13.8 Å². The number of nitrogens with one attached hydrogen (secondary N) is 1. The number of imidazole rings is 1. The highest BCUT2D eigenvalue weighted by Crippen LogP contribution is 2.11. The first-order valence-electron chi connectivity index (χ1n) is 7.05. The van der Waals surface area contributed by atoms with E-state index < -0.39 is 4.92 Å². The minimum absolute atomic E-state index is 0. The third-order valence-corrected chi connectivity index (χ3v) is 3.78. The molecule has 0 unspecified atom stereocenters. The lowest BCUT2D eigenvalue weighted by atomic mass is 9.94. The van der Waals surface area contributed by atoms with Crippen molar-refractivity contribution in [3.05, 3.63) is 22.1 Å². The zero-order chi connectivity index (χ0) is 16.0. The molecule has 0 fully saturated rings. The van der Waals surface area contributed by atoms with Crippen molar-refractivity contribution in [1.29, 1.82) is 0 Å². The number of amides is 1. The van der Waals surface area contributed by atoms with Gasteiger partial charge in [-0.2, -0.15) is 0 Å². The SMILES string of the molecule is CCC(N)(CC)CNC(=O)CCn1cc([N+](=O)[O-])nc1C.Cl. The summed E-state index contributed by atoms with van der Waals surface area (Å²) in [6.07, 6.45) is 3.15. The van der Waals surface area contributed by atoms with E-state index in [4.69, 9.17) is 5.73 Å². The molecule has 8 nitrogen and oxygen atoms in total. The lowest BCUT2D eigenvalue weighted by Crippen LogP contribution is -2.49. The summed E-state index contributed by atoms with van der Waals surface area (Å²) in [6.45, 7) is 6.44. The number of hydrogen-bond acceptors (Lipinski definition) is 5. The molecule has 0 atom stereocenters. The molecule has 0 radical (unpaired) electrons. The maximum absolute atomic E-state index is 11.8. The molecule has 1 rings (SSSR count). The maximum atomic E-state index is 11.8. The van der Waals surface area contributed by atoms with Crippen molar-refractivity contribution >= 4 is 24.1 Å². The Kier molecular flexibility index (Phi) is 8.04. The number of aryl methyl sites for hydroxylation is 2. The summed E-state index contributed by atoms with van der Waals surface area (Å²) in [7, 11) is 0. The van der Waals surface area contributed by atoms with Crippen LogP contribution < -0.4 is 11.1 Å². The molecular weight excluding hydrogens is 310 g/mol. The molecule has 0 aliphatic heterocycles. The second-order valence-corrected chi connectivity index (χ2v) is 5.19. The number of carbonyl (C=O) groups excluding carboxylic acids is 1. The average Bonchev–Trinajstić information content (AvgIpc) is 2.84. The number of aromatic nitrogens is 2. The van der Waals surface area contributed by atoms with E-state index in [2.05, 4.69) is 10.3 Å². The highest BCUT2D eigenvalue weighted by atomic mass is 35.5. The molecule has 0 aliphatic carbocycles. The molecule has 0 saturated heterocycles. The van der Waals surface area contributed by atoms with Crippen LogP contribution in [0.4, 0.5) is 5.82 Å². The quantitative estimate of drug-likeness (QED) is 0.553. The number of nitrogens with zero attached hydrogens (tertiary/aromatic N) is 3. The van der Waals surface area contributed by atoms with E-state index in [1.54, 1.807) is 11.5 Å². The van der Waals surface area contributed by atoms with Gasteiger partial charge in [0.05, 0.1) is 0 Å². The van der Waals surface area contributed by atoms with Gasteiger partial charge in [0.2, 0.25) is 11.7 Å². The van der Waals surface area contributed by atoms with Crippen LogP contribution in [0.2, 0.25) is 0 Å². The number of carbonyl (C=O) groups is 1. The van der Waals surface area contributed by atoms with Crippen molar-refractivity contribution in [2.24, 2.45) is 5.73 Å². The van der Waals surface area contributed by atoms with Crippen LogP contribution in [0.1, 0.15) is 38.9 Å². The minimum atomic E-state index is -0.547.